The van der Waals surface area contributed by atoms with Gasteiger partial charge in [0.15, 0.2) is 0 Å². The van der Waals surface area contributed by atoms with Crippen LogP contribution in [0.1, 0.15) is 24.2 Å². The Hall–Kier alpha value is -1.48. The van der Waals surface area contributed by atoms with Gasteiger partial charge in [0.25, 0.3) is 0 Å². The monoisotopic (exact) mass is 249 g/mol. The largest absolute Gasteiger partial charge is 0.376 e. The molecule has 4 heteroatoms. The van der Waals surface area contributed by atoms with E-state index in [1.54, 1.807) is 6.20 Å². The molecule has 2 rings (SSSR count). The third kappa shape index (κ3) is 2.44. The van der Waals surface area contributed by atoms with Gasteiger partial charge in [-0.2, -0.15) is 5.10 Å². The van der Waals surface area contributed by atoms with Crippen LogP contribution in [0.15, 0.2) is 30.5 Å². The van der Waals surface area contributed by atoms with E-state index >= 15 is 0 Å². The molecule has 0 aliphatic carbocycles. The summed E-state index contributed by atoms with van der Waals surface area (Å²) in [6.45, 7) is 4.14. The van der Waals surface area contributed by atoms with Crippen LogP contribution in [0, 0.1) is 6.92 Å². The van der Waals surface area contributed by atoms with Gasteiger partial charge in [0.05, 0.1) is 22.4 Å². The van der Waals surface area contributed by atoms with Crippen LogP contribution in [-0.4, -0.2) is 9.78 Å². The van der Waals surface area contributed by atoms with Crippen LogP contribution in [-0.2, 0) is 7.05 Å². The van der Waals surface area contributed by atoms with Crippen molar-refractivity contribution in [2.24, 2.45) is 7.05 Å². The Balaban J connectivity index is 2.25. The Kier molecular flexibility index (Phi) is 3.38. The SMILES string of the molecule is Cc1cccc(Cl)c1NC(C)c1ccnn1C. The normalized spacial score (nSPS) is 12.5. The Morgan fingerprint density at radius 3 is 2.71 bits per heavy atom. The lowest BCUT2D eigenvalue weighted by molar-refractivity contribution is 0.675. The number of nitrogens with zero attached hydrogens (tertiary/aromatic N) is 2. The summed E-state index contributed by atoms with van der Waals surface area (Å²) in [4.78, 5) is 0. The van der Waals surface area contributed by atoms with Crippen molar-refractivity contribution in [2.75, 3.05) is 5.32 Å². The summed E-state index contributed by atoms with van der Waals surface area (Å²) in [6, 6.07) is 8.07. The molecule has 1 heterocycles. The van der Waals surface area contributed by atoms with Crippen LogP contribution < -0.4 is 5.32 Å². The first kappa shape index (κ1) is 12.0. The molecule has 0 radical (unpaired) electrons. The lowest BCUT2D eigenvalue weighted by Crippen LogP contribution is -2.12. The van der Waals surface area contributed by atoms with Crippen molar-refractivity contribution < 1.29 is 0 Å². The van der Waals surface area contributed by atoms with Gasteiger partial charge >= 0.3 is 0 Å². The number of rotatable bonds is 3. The molecule has 1 unspecified atom stereocenters. The average Bonchev–Trinajstić information content (AvgIpc) is 2.70. The Labute approximate surface area is 106 Å². The minimum Gasteiger partial charge on any atom is -0.376 e. The van der Waals surface area contributed by atoms with Crippen molar-refractivity contribution in [3.05, 3.63) is 46.7 Å². The third-order valence-electron chi connectivity index (χ3n) is 2.89. The molecule has 0 aliphatic rings. The van der Waals surface area contributed by atoms with Gasteiger partial charge in [-0.05, 0) is 31.5 Å². The topological polar surface area (TPSA) is 29.9 Å². The number of hydrogen-bond acceptors (Lipinski definition) is 2. The standard InChI is InChI=1S/C13H16ClN3/c1-9-5-4-6-11(14)13(9)16-10(2)12-7-8-15-17(12)3/h4-8,10,16H,1-3H3. The second-order valence-electron chi connectivity index (χ2n) is 4.18. The third-order valence-corrected chi connectivity index (χ3v) is 3.20. The summed E-state index contributed by atoms with van der Waals surface area (Å²) in [5.41, 5.74) is 3.26. The molecule has 1 N–H and O–H groups in total. The number of halogens is 1. The van der Waals surface area contributed by atoms with E-state index in [0.29, 0.717) is 0 Å². The maximum absolute atomic E-state index is 6.19. The summed E-state index contributed by atoms with van der Waals surface area (Å²) in [6.07, 6.45) is 1.80. The minimum absolute atomic E-state index is 0.168. The number of anilines is 1. The average molecular weight is 250 g/mol. The van der Waals surface area contributed by atoms with Crippen LogP contribution in [0.2, 0.25) is 5.02 Å². The predicted molar refractivity (Wildman–Crippen MR) is 71.4 cm³/mol. The van der Waals surface area contributed by atoms with Gasteiger partial charge in [0.1, 0.15) is 0 Å². The second kappa shape index (κ2) is 4.80. The van der Waals surface area contributed by atoms with Crippen molar-refractivity contribution in [3.63, 3.8) is 0 Å². The first-order valence-electron chi connectivity index (χ1n) is 5.59. The molecule has 0 saturated carbocycles. The van der Waals surface area contributed by atoms with Gasteiger partial charge in [-0.1, -0.05) is 23.7 Å². The quantitative estimate of drug-likeness (QED) is 0.902. The van der Waals surface area contributed by atoms with Crippen LogP contribution in [0.5, 0.6) is 0 Å². The highest BCUT2D eigenvalue weighted by Gasteiger charge is 2.12. The summed E-state index contributed by atoms with van der Waals surface area (Å²) in [5.74, 6) is 0. The number of aromatic nitrogens is 2. The Morgan fingerprint density at radius 1 is 1.35 bits per heavy atom. The van der Waals surface area contributed by atoms with Crippen molar-refractivity contribution in [3.8, 4) is 0 Å². The summed E-state index contributed by atoms with van der Waals surface area (Å²) < 4.78 is 1.86. The van der Waals surface area contributed by atoms with E-state index in [0.717, 1.165) is 22.0 Å². The van der Waals surface area contributed by atoms with E-state index in [2.05, 4.69) is 17.3 Å². The highest BCUT2D eigenvalue weighted by Crippen LogP contribution is 2.28. The molecule has 1 aromatic heterocycles. The molecule has 2 aromatic rings. The Bertz CT molecular complexity index is 499. The van der Waals surface area contributed by atoms with Crippen molar-refractivity contribution in [1.29, 1.82) is 0 Å². The van der Waals surface area contributed by atoms with Crippen molar-refractivity contribution in [2.45, 2.75) is 19.9 Å². The number of nitrogens with one attached hydrogen (secondary N) is 1. The fraction of sp³-hybridized carbons (Fsp3) is 0.308. The first-order valence-corrected chi connectivity index (χ1v) is 5.97. The molecule has 0 amide bonds. The van der Waals surface area contributed by atoms with Crippen LogP contribution in [0.4, 0.5) is 5.69 Å². The van der Waals surface area contributed by atoms with Crippen LogP contribution in [0.3, 0.4) is 0 Å². The van der Waals surface area contributed by atoms with E-state index in [1.807, 2.05) is 42.9 Å². The van der Waals surface area contributed by atoms with Crippen molar-refractivity contribution in [1.82, 2.24) is 9.78 Å². The Morgan fingerprint density at radius 2 is 2.12 bits per heavy atom. The molecule has 1 atom stereocenters. The van der Waals surface area contributed by atoms with Gasteiger partial charge in [-0.3, -0.25) is 4.68 Å². The molecule has 0 saturated heterocycles. The fourth-order valence-electron chi connectivity index (χ4n) is 1.91. The van der Waals surface area contributed by atoms with E-state index in [1.165, 1.54) is 0 Å². The van der Waals surface area contributed by atoms with Crippen molar-refractivity contribution >= 4 is 17.3 Å². The first-order chi connectivity index (χ1) is 8.09. The molecule has 90 valence electrons. The minimum atomic E-state index is 0.168. The molecular weight excluding hydrogens is 234 g/mol. The molecular formula is C13H16ClN3. The zero-order valence-corrected chi connectivity index (χ0v) is 11.0. The van der Waals surface area contributed by atoms with Gasteiger partial charge in [-0.15, -0.1) is 0 Å². The number of aryl methyl sites for hydroxylation is 2. The van der Waals surface area contributed by atoms with E-state index in [4.69, 9.17) is 11.6 Å². The van der Waals surface area contributed by atoms with E-state index < -0.39 is 0 Å². The zero-order valence-electron chi connectivity index (χ0n) is 10.2. The molecule has 1 aromatic carbocycles. The summed E-state index contributed by atoms with van der Waals surface area (Å²) >= 11 is 6.19. The molecule has 0 bridgehead atoms. The molecule has 0 fully saturated rings. The molecule has 3 nitrogen and oxygen atoms in total. The molecule has 0 spiro atoms. The predicted octanol–water partition coefficient (Wildman–Crippen LogP) is 3.56. The molecule has 17 heavy (non-hydrogen) atoms. The lowest BCUT2D eigenvalue weighted by atomic mass is 10.1. The smallest absolute Gasteiger partial charge is 0.0654 e. The lowest BCUT2D eigenvalue weighted by Gasteiger charge is -2.18. The maximum atomic E-state index is 6.19. The second-order valence-corrected chi connectivity index (χ2v) is 4.58. The number of hydrogen-bond donors (Lipinski definition) is 1. The number of para-hydroxylation sites is 1. The highest BCUT2D eigenvalue weighted by atomic mass is 35.5. The molecule has 0 aliphatic heterocycles. The van der Waals surface area contributed by atoms with E-state index in [9.17, 15) is 0 Å². The summed E-state index contributed by atoms with van der Waals surface area (Å²) in [5, 5.41) is 8.35. The fourth-order valence-corrected chi connectivity index (χ4v) is 2.19. The van der Waals surface area contributed by atoms with Gasteiger partial charge in [0.2, 0.25) is 0 Å². The van der Waals surface area contributed by atoms with Gasteiger partial charge in [-0.25, -0.2) is 0 Å². The van der Waals surface area contributed by atoms with Crippen LogP contribution in [0.25, 0.3) is 0 Å². The van der Waals surface area contributed by atoms with Gasteiger partial charge < -0.3 is 5.32 Å². The maximum Gasteiger partial charge on any atom is 0.0654 e. The van der Waals surface area contributed by atoms with Crippen LogP contribution >= 0.6 is 11.6 Å². The van der Waals surface area contributed by atoms with Gasteiger partial charge in [0, 0.05) is 13.2 Å². The zero-order chi connectivity index (χ0) is 12.4. The number of benzene rings is 1. The summed E-state index contributed by atoms with van der Waals surface area (Å²) in [7, 11) is 1.94. The highest BCUT2D eigenvalue weighted by molar-refractivity contribution is 6.33. The van der Waals surface area contributed by atoms with E-state index in [-0.39, 0.29) is 6.04 Å².